The zero-order valence-corrected chi connectivity index (χ0v) is 11.5. The van der Waals surface area contributed by atoms with Crippen molar-refractivity contribution < 1.29 is 14.8 Å². The number of carbonyl (C=O) groups is 1. The number of hydrogen-bond donors (Lipinski definition) is 2. The van der Waals surface area contributed by atoms with Gasteiger partial charge in [-0.2, -0.15) is 0 Å². The maximum Gasteiger partial charge on any atom is 0.335 e. The van der Waals surface area contributed by atoms with Gasteiger partial charge in [-0.25, -0.2) is 4.79 Å². The Morgan fingerprint density at radius 2 is 2.05 bits per heavy atom. The summed E-state index contributed by atoms with van der Waals surface area (Å²) in [5.74, 6) is -1.21. The number of nitro groups is 1. The van der Waals surface area contributed by atoms with E-state index in [2.05, 4.69) is 5.32 Å². The number of nitro benzene ring substituents is 1. The van der Waals surface area contributed by atoms with Gasteiger partial charge in [0.1, 0.15) is 5.69 Å². The first-order valence-corrected chi connectivity index (χ1v) is 6.35. The van der Waals surface area contributed by atoms with E-state index in [1.165, 1.54) is 12.1 Å². The van der Waals surface area contributed by atoms with Crippen LogP contribution in [0.4, 0.5) is 11.4 Å². The van der Waals surface area contributed by atoms with Gasteiger partial charge in [0.25, 0.3) is 5.69 Å². The molecule has 0 fully saturated rings. The smallest absolute Gasteiger partial charge is 0.335 e. The van der Waals surface area contributed by atoms with Crippen molar-refractivity contribution in [1.29, 1.82) is 0 Å². The van der Waals surface area contributed by atoms with Gasteiger partial charge in [-0.3, -0.25) is 10.1 Å². The molecule has 0 amide bonds. The zero-order valence-electron chi connectivity index (χ0n) is 10.7. The van der Waals surface area contributed by atoms with Gasteiger partial charge in [0.2, 0.25) is 0 Å². The van der Waals surface area contributed by atoms with Crippen molar-refractivity contribution in [3.63, 3.8) is 0 Å². The second-order valence-corrected chi connectivity index (χ2v) is 4.71. The summed E-state index contributed by atoms with van der Waals surface area (Å²) in [7, 11) is 0. The van der Waals surface area contributed by atoms with Crippen molar-refractivity contribution >= 4 is 28.9 Å². The lowest BCUT2D eigenvalue weighted by atomic mass is 10.1. The van der Waals surface area contributed by atoms with Crippen LogP contribution in [-0.2, 0) is 6.54 Å². The Bertz CT molecular complexity index is 703. The molecular formula is C14H11ClN2O4. The Hall–Kier alpha value is -2.60. The monoisotopic (exact) mass is 306 g/mol. The Balaban J connectivity index is 2.23. The number of nitrogens with one attached hydrogen (secondary N) is 1. The van der Waals surface area contributed by atoms with Crippen LogP contribution < -0.4 is 5.32 Å². The summed E-state index contributed by atoms with van der Waals surface area (Å²) in [5.41, 5.74) is 0.705. The van der Waals surface area contributed by atoms with Crippen LogP contribution in [0.1, 0.15) is 15.9 Å². The molecule has 0 aromatic heterocycles. The Labute approximate surface area is 125 Å². The van der Waals surface area contributed by atoms with Gasteiger partial charge in [0.05, 0.1) is 10.5 Å². The van der Waals surface area contributed by atoms with Crippen molar-refractivity contribution in [2.45, 2.75) is 6.54 Å². The van der Waals surface area contributed by atoms with Crippen LogP contribution in [0.2, 0.25) is 5.02 Å². The summed E-state index contributed by atoms with van der Waals surface area (Å²) in [5, 5.41) is 23.4. The van der Waals surface area contributed by atoms with Crippen molar-refractivity contribution in [2.24, 2.45) is 0 Å². The molecule has 0 bridgehead atoms. The van der Waals surface area contributed by atoms with Crippen LogP contribution in [0.5, 0.6) is 0 Å². The SMILES string of the molecule is O=C(O)c1ccc(NCc2cccc(Cl)c2)c([N+](=O)[O-])c1. The maximum atomic E-state index is 11.0. The average Bonchev–Trinajstić information content (AvgIpc) is 2.44. The number of aromatic carboxylic acids is 1. The molecule has 0 aliphatic rings. The number of benzene rings is 2. The second-order valence-electron chi connectivity index (χ2n) is 4.28. The van der Waals surface area contributed by atoms with E-state index in [0.29, 0.717) is 11.6 Å². The van der Waals surface area contributed by atoms with Gasteiger partial charge in [0, 0.05) is 17.6 Å². The van der Waals surface area contributed by atoms with E-state index >= 15 is 0 Å². The summed E-state index contributed by atoms with van der Waals surface area (Å²) in [6.07, 6.45) is 0. The number of carboxylic acid groups (broad SMARTS) is 1. The van der Waals surface area contributed by atoms with Crippen molar-refractivity contribution in [1.82, 2.24) is 0 Å². The number of anilines is 1. The third kappa shape index (κ3) is 3.70. The molecule has 0 heterocycles. The van der Waals surface area contributed by atoms with Gasteiger partial charge in [0.15, 0.2) is 0 Å². The first-order chi connectivity index (χ1) is 9.97. The Morgan fingerprint density at radius 1 is 1.29 bits per heavy atom. The lowest BCUT2D eigenvalue weighted by Crippen LogP contribution is -2.05. The van der Waals surface area contributed by atoms with Crippen LogP contribution in [0.3, 0.4) is 0 Å². The summed E-state index contributed by atoms with van der Waals surface area (Å²) in [6.45, 7) is 0.341. The fourth-order valence-corrected chi connectivity index (χ4v) is 2.02. The highest BCUT2D eigenvalue weighted by atomic mass is 35.5. The minimum Gasteiger partial charge on any atom is -0.478 e. The zero-order chi connectivity index (χ0) is 15.4. The highest BCUT2D eigenvalue weighted by Gasteiger charge is 2.17. The fourth-order valence-electron chi connectivity index (χ4n) is 1.81. The first kappa shape index (κ1) is 14.8. The second kappa shape index (κ2) is 6.23. The molecule has 0 aliphatic carbocycles. The topological polar surface area (TPSA) is 92.5 Å². The number of rotatable bonds is 5. The third-order valence-corrected chi connectivity index (χ3v) is 3.05. The molecule has 0 spiro atoms. The largest absolute Gasteiger partial charge is 0.478 e. The molecule has 2 aromatic carbocycles. The predicted molar refractivity (Wildman–Crippen MR) is 78.8 cm³/mol. The first-order valence-electron chi connectivity index (χ1n) is 5.97. The molecule has 7 heteroatoms. The highest BCUT2D eigenvalue weighted by Crippen LogP contribution is 2.26. The molecule has 2 N–H and O–H groups in total. The van der Waals surface area contributed by atoms with Gasteiger partial charge in [-0.1, -0.05) is 23.7 Å². The summed E-state index contributed by atoms with van der Waals surface area (Å²) in [6, 6.07) is 10.8. The molecule has 0 aliphatic heterocycles. The van der Waals surface area contributed by atoms with E-state index in [1.807, 2.05) is 6.07 Å². The molecule has 108 valence electrons. The summed E-state index contributed by atoms with van der Waals surface area (Å²) >= 11 is 5.86. The van der Waals surface area contributed by atoms with E-state index in [-0.39, 0.29) is 16.9 Å². The normalized spacial score (nSPS) is 10.1. The molecule has 0 atom stereocenters. The predicted octanol–water partition coefficient (Wildman–Crippen LogP) is 3.56. The summed E-state index contributed by atoms with van der Waals surface area (Å²) < 4.78 is 0. The molecule has 0 radical (unpaired) electrons. The van der Waals surface area contributed by atoms with E-state index in [9.17, 15) is 14.9 Å². The van der Waals surface area contributed by atoms with Crippen LogP contribution in [0.15, 0.2) is 42.5 Å². The molecule has 2 rings (SSSR count). The van der Waals surface area contributed by atoms with Gasteiger partial charge in [-0.15, -0.1) is 0 Å². The van der Waals surface area contributed by atoms with E-state index in [0.717, 1.165) is 11.6 Å². The number of carboxylic acids is 1. The minimum atomic E-state index is -1.21. The number of nitrogens with zero attached hydrogens (tertiary/aromatic N) is 1. The van der Waals surface area contributed by atoms with Crippen LogP contribution >= 0.6 is 11.6 Å². The molecule has 2 aromatic rings. The maximum absolute atomic E-state index is 11.0. The summed E-state index contributed by atoms with van der Waals surface area (Å²) in [4.78, 5) is 21.2. The highest BCUT2D eigenvalue weighted by molar-refractivity contribution is 6.30. The lowest BCUT2D eigenvalue weighted by Gasteiger charge is -2.08. The minimum absolute atomic E-state index is 0.130. The van der Waals surface area contributed by atoms with Gasteiger partial charge < -0.3 is 10.4 Å². The lowest BCUT2D eigenvalue weighted by molar-refractivity contribution is -0.384. The standard InChI is InChI=1S/C14H11ClN2O4/c15-11-3-1-2-9(6-11)8-16-12-5-4-10(14(18)19)7-13(12)17(20)21/h1-7,16H,8H2,(H,18,19). The molecule has 21 heavy (non-hydrogen) atoms. The molecular weight excluding hydrogens is 296 g/mol. The molecule has 6 nitrogen and oxygen atoms in total. The van der Waals surface area contributed by atoms with Crippen LogP contribution in [0.25, 0.3) is 0 Å². The molecule has 0 saturated carbocycles. The van der Waals surface area contributed by atoms with E-state index in [1.54, 1.807) is 18.2 Å². The van der Waals surface area contributed by atoms with Crippen molar-refractivity contribution in [2.75, 3.05) is 5.32 Å². The fraction of sp³-hybridized carbons (Fsp3) is 0.0714. The van der Waals surface area contributed by atoms with Gasteiger partial charge >= 0.3 is 5.97 Å². The van der Waals surface area contributed by atoms with Crippen LogP contribution in [0, 0.1) is 10.1 Å². The third-order valence-electron chi connectivity index (χ3n) is 2.81. The van der Waals surface area contributed by atoms with Crippen molar-refractivity contribution in [3.05, 3.63) is 68.7 Å². The molecule has 0 saturated heterocycles. The van der Waals surface area contributed by atoms with Crippen LogP contribution in [-0.4, -0.2) is 16.0 Å². The number of halogens is 1. The van der Waals surface area contributed by atoms with E-state index in [4.69, 9.17) is 16.7 Å². The van der Waals surface area contributed by atoms with Gasteiger partial charge in [-0.05, 0) is 29.8 Å². The van der Waals surface area contributed by atoms with Crippen molar-refractivity contribution in [3.8, 4) is 0 Å². The number of hydrogen-bond acceptors (Lipinski definition) is 4. The molecule has 0 unspecified atom stereocenters. The Morgan fingerprint density at radius 3 is 2.67 bits per heavy atom. The Kier molecular flexibility index (Phi) is 4.39. The average molecular weight is 307 g/mol. The quantitative estimate of drug-likeness (QED) is 0.651. The van der Waals surface area contributed by atoms with E-state index < -0.39 is 10.9 Å².